The first-order chi connectivity index (χ1) is 16.8. The number of amides is 2. The smallest absolute Gasteiger partial charge is 0.258 e. The first-order valence-electron chi connectivity index (χ1n) is 10.9. The van der Waals surface area contributed by atoms with Crippen LogP contribution in [0.5, 0.6) is 0 Å². The molecule has 0 unspecified atom stereocenters. The second-order valence-electron chi connectivity index (χ2n) is 7.55. The van der Waals surface area contributed by atoms with Gasteiger partial charge in [-0.2, -0.15) is 0 Å². The zero-order chi connectivity index (χ0) is 25.4. The van der Waals surface area contributed by atoms with E-state index in [1.807, 2.05) is 24.3 Å². The predicted octanol–water partition coefficient (Wildman–Crippen LogP) is 2.82. The van der Waals surface area contributed by atoms with Crippen LogP contribution in [0, 0.1) is 11.6 Å². The largest absolute Gasteiger partial charge is 0.391 e. The van der Waals surface area contributed by atoms with Crippen molar-refractivity contribution in [1.29, 1.82) is 0 Å². The van der Waals surface area contributed by atoms with Crippen LogP contribution in [0.15, 0.2) is 59.9 Å². The third kappa shape index (κ3) is 6.59. The van der Waals surface area contributed by atoms with Crippen molar-refractivity contribution < 1.29 is 18.4 Å². The van der Waals surface area contributed by atoms with Crippen molar-refractivity contribution >= 4 is 34.7 Å². The molecule has 3 aromatic rings. The molecule has 3 rings (SSSR count). The number of benzene rings is 2. The van der Waals surface area contributed by atoms with Gasteiger partial charge < -0.3 is 21.7 Å². The molecule has 2 aromatic carbocycles. The summed E-state index contributed by atoms with van der Waals surface area (Å²) in [6, 6.07) is 8.91. The number of nitrogens with one attached hydrogen (secondary N) is 3. The van der Waals surface area contributed by atoms with Crippen molar-refractivity contribution in [3.8, 4) is 0 Å². The molecule has 1 aromatic heterocycles. The number of anilines is 1. The van der Waals surface area contributed by atoms with Crippen molar-refractivity contribution in [3.63, 3.8) is 0 Å². The van der Waals surface area contributed by atoms with Crippen molar-refractivity contribution in [2.75, 3.05) is 19.3 Å². The lowest BCUT2D eigenvalue weighted by molar-refractivity contribution is -0.123. The number of hydrogen-bond donors (Lipinski definition) is 4. The number of rotatable bonds is 9. The second kappa shape index (κ2) is 11.7. The van der Waals surface area contributed by atoms with Gasteiger partial charge >= 0.3 is 0 Å². The van der Waals surface area contributed by atoms with E-state index in [4.69, 9.17) is 5.73 Å². The van der Waals surface area contributed by atoms with Crippen molar-refractivity contribution in [1.82, 2.24) is 25.9 Å². The second-order valence-corrected chi connectivity index (χ2v) is 7.55. The van der Waals surface area contributed by atoms with E-state index in [1.54, 1.807) is 26.2 Å². The maximum atomic E-state index is 13.4. The average molecular weight is 481 g/mol. The zero-order valence-corrected chi connectivity index (χ0v) is 19.4. The number of nitrogens with two attached hydrogens (primary N) is 1. The Kier molecular flexibility index (Phi) is 8.44. The Hall–Kier alpha value is -4.34. The molecule has 0 aliphatic carbocycles. The first kappa shape index (κ1) is 25.3. The zero-order valence-electron chi connectivity index (χ0n) is 19.4. The third-order valence-corrected chi connectivity index (χ3v) is 5.16. The van der Waals surface area contributed by atoms with E-state index in [-0.39, 0.29) is 24.6 Å². The topological polar surface area (TPSA) is 122 Å². The van der Waals surface area contributed by atoms with E-state index in [0.29, 0.717) is 17.7 Å². The molecule has 0 spiro atoms. The molecular weight excluding hydrogens is 454 g/mol. The van der Waals surface area contributed by atoms with Gasteiger partial charge in [-0.3, -0.25) is 9.59 Å². The van der Waals surface area contributed by atoms with Gasteiger partial charge in [-0.15, -0.1) is 0 Å². The summed E-state index contributed by atoms with van der Waals surface area (Å²) >= 11 is 0. The van der Waals surface area contributed by atoms with Crippen LogP contribution in [-0.4, -0.2) is 35.4 Å². The molecule has 10 heteroatoms. The normalized spacial score (nSPS) is 11.9. The highest BCUT2D eigenvalue weighted by molar-refractivity contribution is 6.19. The minimum atomic E-state index is -1.01. The molecule has 0 radical (unpaired) electrons. The lowest BCUT2D eigenvalue weighted by Gasteiger charge is -2.14. The van der Waals surface area contributed by atoms with Crippen LogP contribution in [-0.2, 0) is 16.1 Å². The minimum absolute atomic E-state index is 0.0647. The monoisotopic (exact) mass is 480 g/mol. The van der Waals surface area contributed by atoms with E-state index in [0.717, 1.165) is 28.6 Å². The quantitative estimate of drug-likeness (QED) is 0.212. The Balaban J connectivity index is 1.64. The summed E-state index contributed by atoms with van der Waals surface area (Å²) in [7, 11) is 1.62. The van der Waals surface area contributed by atoms with Crippen LogP contribution in [0.4, 0.5) is 14.7 Å². The van der Waals surface area contributed by atoms with Crippen LogP contribution in [0.3, 0.4) is 0 Å². The highest BCUT2D eigenvalue weighted by Gasteiger charge is 2.21. The fraction of sp³-hybridized carbons (Fsp3) is 0.200. The van der Waals surface area contributed by atoms with Crippen LogP contribution in [0.2, 0.25) is 0 Å². The van der Waals surface area contributed by atoms with Gasteiger partial charge in [-0.1, -0.05) is 31.2 Å². The summed E-state index contributed by atoms with van der Waals surface area (Å²) in [6.07, 6.45) is 5.62. The average Bonchev–Trinajstić information content (AvgIpc) is 2.85. The molecule has 0 aliphatic rings. The Morgan fingerprint density at radius 2 is 1.83 bits per heavy atom. The van der Waals surface area contributed by atoms with Gasteiger partial charge in [-0.25, -0.2) is 18.7 Å². The molecule has 0 atom stereocenters. The van der Waals surface area contributed by atoms with Crippen molar-refractivity contribution in [2.45, 2.75) is 19.9 Å². The Morgan fingerprint density at radius 3 is 2.54 bits per heavy atom. The number of carbonyl (C=O) groups is 2. The molecule has 0 saturated heterocycles. The number of allylic oxidation sites excluding steroid dienone is 1. The van der Waals surface area contributed by atoms with E-state index < -0.39 is 23.4 Å². The van der Waals surface area contributed by atoms with E-state index in [2.05, 4.69) is 25.9 Å². The number of carbonyl (C=O) groups excluding carboxylic acids is 2. The highest BCUT2D eigenvalue weighted by Crippen LogP contribution is 2.15. The molecule has 35 heavy (non-hydrogen) atoms. The summed E-state index contributed by atoms with van der Waals surface area (Å²) in [4.78, 5) is 33.8. The summed E-state index contributed by atoms with van der Waals surface area (Å²) in [5, 5.41) is 9.00. The van der Waals surface area contributed by atoms with Crippen LogP contribution in [0.25, 0.3) is 17.0 Å². The molecule has 2 amide bonds. The maximum absolute atomic E-state index is 13.4. The summed E-state index contributed by atoms with van der Waals surface area (Å²) < 4.78 is 26.5. The molecule has 0 saturated carbocycles. The van der Waals surface area contributed by atoms with Crippen molar-refractivity contribution in [3.05, 3.63) is 82.7 Å². The Labute approximate surface area is 201 Å². The number of halogens is 2. The maximum Gasteiger partial charge on any atom is 0.258 e. The molecule has 0 bridgehead atoms. The van der Waals surface area contributed by atoms with Crippen molar-refractivity contribution in [2.24, 2.45) is 0 Å². The van der Waals surface area contributed by atoms with E-state index in [1.165, 1.54) is 6.07 Å². The molecule has 0 fully saturated rings. The predicted molar refractivity (Wildman–Crippen MR) is 131 cm³/mol. The van der Waals surface area contributed by atoms with Gasteiger partial charge in [-0.05, 0) is 41.8 Å². The number of aromatic nitrogens is 2. The molecule has 5 N–H and O–H groups in total. The van der Waals surface area contributed by atoms with Gasteiger partial charge in [0.05, 0.1) is 5.52 Å². The fourth-order valence-electron chi connectivity index (χ4n) is 3.38. The Morgan fingerprint density at radius 1 is 1.06 bits per heavy atom. The molecular formula is C25H26F2N6O2. The van der Waals surface area contributed by atoms with Gasteiger partial charge in [0.2, 0.25) is 5.95 Å². The number of hydrogen-bond acceptors (Lipinski definition) is 6. The SMILES string of the molecule is CC/C(NC)=C(\C(=O)NC/C=C/c1ccc2nc(N)ncc2c1)C(=O)NCc1ccc(F)c(F)c1. The Bertz CT molecular complexity index is 1300. The lowest BCUT2D eigenvalue weighted by Crippen LogP contribution is -2.37. The van der Waals surface area contributed by atoms with E-state index in [9.17, 15) is 18.4 Å². The molecule has 0 aliphatic heterocycles. The van der Waals surface area contributed by atoms with E-state index >= 15 is 0 Å². The lowest BCUT2D eigenvalue weighted by atomic mass is 10.1. The van der Waals surface area contributed by atoms with Gasteiger partial charge in [0.25, 0.3) is 11.8 Å². The van der Waals surface area contributed by atoms with Crippen LogP contribution < -0.4 is 21.7 Å². The molecule has 1 heterocycles. The molecule has 182 valence electrons. The molecule has 8 nitrogen and oxygen atoms in total. The summed E-state index contributed by atoms with van der Waals surface area (Å²) in [5.74, 6) is -2.97. The third-order valence-electron chi connectivity index (χ3n) is 5.16. The fourth-order valence-corrected chi connectivity index (χ4v) is 3.38. The van der Waals surface area contributed by atoms with Gasteiger partial charge in [0.15, 0.2) is 11.6 Å². The standard InChI is InChI=1S/C25H26F2N6O2/c1-3-20(29-2)22(24(35)31-13-16-6-8-18(26)19(27)12-16)23(34)30-10-4-5-15-7-9-21-17(11-15)14-32-25(28)33-21/h4-9,11-12,14,29H,3,10,13H2,1-2H3,(H,30,34)(H,31,35)(H2,28,32,33)/b5-4+,22-20-. The minimum Gasteiger partial charge on any atom is -0.391 e. The number of fused-ring (bicyclic) bond motifs is 1. The number of nitrogens with zero attached hydrogens (tertiary/aromatic N) is 2. The first-order valence-corrected chi connectivity index (χ1v) is 10.9. The van der Waals surface area contributed by atoms with Gasteiger partial charge in [0.1, 0.15) is 5.57 Å². The van der Waals surface area contributed by atoms with Crippen LogP contribution in [0.1, 0.15) is 24.5 Å². The summed E-state index contributed by atoms with van der Waals surface area (Å²) in [6.45, 7) is 1.92. The highest BCUT2D eigenvalue weighted by atomic mass is 19.2. The summed E-state index contributed by atoms with van der Waals surface area (Å²) in [5.41, 5.74) is 7.94. The van der Waals surface area contributed by atoms with Crippen LogP contribution >= 0.6 is 0 Å². The van der Waals surface area contributed by atoms with Gasteiger partial charge in [0, 0.05) is 37.4 Å². The number of nitrogen functional groups attached to an aromatic ring is 1.